The summed E-state index contributed by atoms with van der Waals surface area (Å²) in [6, 6.07) is 14.7. The first kappa shape index (κ1) is 24.3. The molecule has 0 spiro atoms. The van der Waals surface area contributed by atoms with Crippen LogP contribution in [0, 0.1) is 0 Å². The standard InChI is InChI=1S/C25H35N3O3/c1-5-15-28(16-6-2)25(30)20-9-8-10-22(17-20)27-24(29)18-26-21-11-13-23(14-12-21)31-19(4)7-3/h8-14,17,19,26H,5-7,15-16,18H2,1-4H3,(H,27,29). The van der Waals surface area contributed by atoms with Gasteiger partial charge in [0.15, 0.2) is 0 Å². The van der Waals surface area contributed by atoms with E-state index in [1.54, 1.807) is 24.3 Å². The quantitative estimate of drug-likeness (QED) is 0.492. The predicted molar refractivity (Wildman–Crippen MR) is 127 cm³/mol. The molecule has 0 saturated carbocycles. The van der Waals surface area contributed by atoms with Crippen LogP contribution in [0.25, 0.3) is 0 Å². The molecular formula is C25H35N3O3. The van der Waals surface area contributed by atoms with Crippen molar-refractivity contribution in [1.82, 2.24) is 4.90 Å². The van der Waals surface area contributed by atoms with Crippen molar-refractivity contribution in [2.75, 3.05) is 30.3 Å². The van der Waals surface area contributed by atoms with Crippen molar-refractivity contribution in [1.29, 1.82) is 0 Å². The Bertz CT molecular complexity index is 830. The van der Waals surface area contributed by atoms with Crippen molar-refractivity contribution in [2.24, 2.45) is 0 Å². The van der Waals surface area contributed by atoms with Crippen LogP contribution in [-0.2, 0) is 4.79 Å². The van der Waals surface area contributed by atoms with E-state index in [2.05, 4.69) is 31.4 Å². The summed E-state index contributed by atoms with van der Waals surface area (Å²) in [4.78, 5) is 27.0. The molecule has 6 nitrogen and oxygen atoms in total. The second-order valence-electron chi connectivity index (χ2n) is 7.64. The summed E-state index contributed by atoms with van der Waals surface area (Å²) in [6.07, 6.45) is 2.95. The van der Waals surface area contributed by atoms with E-state index in [0.29, 0.717) is 11.3 Å². The van der Waals surface area contributed by atoms with Crippen molar-refractivity contribution >= 4 is 23.2 Å². The minimum atomic E-state index is -0.177. The first-order valence-corrected chi connectivity index (χ1v) is 11.2. The lowest BCUT2D eigenvalue weighted by Crippen LogP contribution is -2.32. The van der Waals surface area contributed by atoms with E-state index in [1.807, 2.05) is 36.1 Å². The average molecular weight is 426 g/mol. The maximum atomic E-state index is 12.8. The normalized spacial score (nSPS) is 11.5. The molecular weight excluding hydrogens is 390 g/mol. The van der Waals surface area contributed by atoms with Gasteiger partial charge in [0.1, 0.15) is 5.75 Å². The van der Waals surface area contributed by atoms with Crippen molar-refractivity contribution in [3.05, 3.63) is 54.1 Å². The Kier molecular flexibility index (Phi) is 9.88. The van der Waals surface area contributed by atoms with Crippen LogP contribution < -0.4 is 15.4 Å². The van der Waals surface area contributed by atoms with Gasteiger partial charge in [-0.25, -0.2) is 0 Å². The highest BCUT2D eigenvalue weighted by atomic mass is 16.5. The van der Waals surface area contributed by atoms with E-state index in [1.165, 1.54) is 0 Å². The number of nitrogens with one attached hydrogen (secondary N) is 2. The number of ether oxygens (including phenoxy) is 1. The lowest BCUT2D eigenvalue weighted by Gasteiger charge is -2.21. The lowest BCUT2D eigenvalue weighted by molar-refractivity contribution is -0.114. The highest BCUT2D eigenvalue weighted by molar-refractivity contribution is 5.98. The number of hydrogen-bond acceptors (Lipinski definition) is 4. The Morgan fingerprint density at radius 3 is 2.26 bits per heavy atom. The molecule has 0 aliphatic rings. The third-order valence-electron chi connectivity index (χ3n) is 4.89. The first-order chi connectivity index (χ1) is 15.0. The molecule has 0 bridgehead atoms. The van der Waals surface area contributed by atoms with Gasteiger partial charge >= 0.3 is 0 Å². The largest absolute Gasteiger partial charge is 0.491 e. The summed E-state index contributed by atoms with van der Waals surface area (Å²) >= 11 is 0. The number of benzene rings is 2. The fourth-order valence-corrected chi connectivity index (χ4v) is 3.12. The van der Waals surface area contributed by atoms with Crippen molar-refractivity contribution in [3.8, 4) is 5.75 Å². The van der Waals surface area contributed by atoms with Crippen molar-refractivity contribution in [3.63, 3.8) is 0 Å². The number of amides is 2. The number of anilines is 2. The minimum Gasteiger partial charge on any atom is -0.491 e. The third kappa shape index (κ3) is 7.96. The van der Waals surface area contributed by atoms with Crippen LogP contribution in [0.1, 0.15) is 57.3 Å². The Labute approximate surface area is 186 Å². The van der Waals surface area contributed by atoms with E-state index in [-0.39, 0.29) is 24.5 Å². The molecule has 0 aliphatic carbocycles. The van der Waals surface area contributed by atoms with Gasteiger partial charge in [-0.2, -0.15) is 0 Å². The zero-order valence-electron chi connectivity index (χ0n) is 19.1. The van der Waals surface area contributed by atoms with Gasteiger partial charge in [-0.05, 0) is 68.7 Å². The molecule has 2 amide bonds. The van der Waals surface area contributed by atoms with E-state index in [9.17, 15) is 9.59 Å². The maximum Gasteiger partial charge on any atom is 0.253 e. The third-order valence-corrected chi connectivity index (χ3v) is 4.89. The van der Waals surface area contributed by atoms with Crippen LogP contribution >= 0.6 is 0 Å². The van der Waals surface area contributed by atoms with Crippen molar-refractivity contribution in [2.45, 2.75) is 53.1 Å². The molecule has 2 aromatic carbocycles. The number of carbonyl (C=O) groups excluding carboxylic acids is 2. The van der Waals surface area contributed by atoms with Gasteiger partial charge in [-0.1, -0.05) is 26.8 Å². The number of rotatable bonds is 12. The molecule has 168 valence electrons. The van der Waals surface area contributed by atoms with Gasteiger partial charge in [0, 0.05) is 30.0 Å². The lowest BCUT2D eigenvalue weighted by atomic mass is 10.1. The van der Waals surface area contributed by atoms with Crippen LogP contribution in [0.4, 0.5) is 11.4 Å². The van der Waals surface area contributed by atoms with Crippen LogP contribution in [0.5, 0.6) is 5.75 Å². The number of nitrogens with zero attached hydrogens (tertiary/aromatic N) is 1. The van der Waals surface area contributed by atoms with Gasteiger partial charge < -0.3 is 20.3 Å². The molecule has 0 aliphatic heterocycles. The van der Waals surface area contributed by atoms with Crippen LogP contribution in [0.2, 0.25) is 0 Å². The van der Waals surface area contributed by atoms with Crippen molar-refractivity contribution < 1.29 is 14.3 Å². The van der Waals surface area contributed by atoms with Gasteiger partial charge in [0.25, 0.3) is 5.91 Å². The van der Waals surface area contributed by atoms with E-state index < -0.39 is 0 Å². The molecule has 0 fully saturated rings. The number of carbonyl (C=O) groups is 2. The van der Waals surface area contributed by atoms with Crippen LogP contribution in [0.15, 0.2) is 48.5 Å². The molecule has 0 radical (unpaired) electrons. The zero-order chi connectivity index (χ0) is 22.6. The maximum absolute atomic E-state index is 12.8. The SMILES string of the molecule is CCCN(CCC)C(=O)c1cccc(NC(=O)CNc2ccc(OC(C)CC)cc2)c1. The summed E-state index contributed by atoms with van der Waals surface area (Å²) in [5.74, 6) is 0.632. The van der Waals surface area contributed by atoms with Crippen LogP contribution in [0.3, 0.4) is 0 Å². The topological polar surface area (TPSA) is 70.7 Å². The summed E-state index contributed by atoms with van der Waals surface area (Å²) in [7, 11) is 0. The highest BCUT2D eigenvalue weighted by Gasteiger charge is 2.15. The fraction of sp³-hybridized carbons (Fsp3) is 0.440. The smallest absolute Gasteiger partial charge is 0.253 e. The second kappa shape index (κ2) is 12.6. The van der Waals surface area contributed by atoms with Gasteiger partial charge in [-0.3, -0.25) is 9.59 Å². The molecule has 2 N–H and O–H groups in total. The van der Waals surface area contributed by atoms with Gasteiger partial charge in [0.2, 0.25) is 5.91 Å². The Balaban J connectivity index is 1.91. The predicted octanol–water partition coefficient (Wildman–Crippen LogP) is 5.18. The Morgan fingerprint density at radius 1 is 0.968 bits per heavy atom. The molecule has 6 heteroatoms. The average Bonchev–Trinajstić information content (AvgIpc) is 2.78. The van der Waals surface area contributed by atoms with Crippen LogP contribution in [-0.4, -0.2) is 42.5 Å². The zero-order valence-corrected chi connectivity index (χ0v) is 19.1. The number of hydrogen-bond donors (Lipinski definition) is 2. The molecule has 2 rings (SSSR count). The van der Waals surface area contributed by atoms with E-state index in [0.717, 1.165) is 43.8 Å². The molecule has 31 heavy (non-hydrogen) atoms. The molecule has 1 unspecified atom stereocenters. The summed E-state index contributed by atoms with van der Waals surface area (Å²) in [6.45, 7) is 9.82. The van der Waals surface area contributed by atoms with E-state index >= 15 is 0 Å². The fourth-order valence-electron chi connectivity index (χ4n) is 3.12. The molecule has 0 saturated heterocycles. The highest BCUT2D eigenvalue weighted by Crippen LogP contribution is 2.18. The minimum absolute atomic E-state index is 0.00220. The van der Waals surface area contributed by atoms with Gasteiger partial charge in [-0.15, -0.1) is 0 Å². The summed E-state index contributed by atoms with van der Waals surface area (Å²) < 4.78 is 5.76. The Morgan fingerprint density at radius 2 is 1.65 bits per heavy atom. The molecule has 2 aromatic rings. The second-order valence-corrected chi connectivity index (χ2v) is 7.64. The summed E-state index contributed by atoms with van der Waals surface area (Å²) in [5, 5.41) is 5.96. The van der Waals surface area contributed by atoms with Gasteiger partial charge in [0.05, 0.1) is 12.6 Å². The summed E-state index contributed by atoms with van der Waals surface area (Å²) in [5.41, 5.74) is 2.04. The Hall–Kier alpha value is -3.02. The first-order valence-electron chi connectivity index (χ1n) is 11.2. The molecule has 1 atom stereocenters. The molecule has 0 heterocycles. The monoisotopic (exact) mass is 425 g/mol. The molecule has 0 aromatic heterocycles. The van der Waals surface area contributed by atoms with E-state index in [4.69, 9.17) is 4.74 Å².